The van der Waals surface area contributed by atoms with Crippen LogP contribution in [-0.4, -0.2) is 31.3 Å². The van der Waals surface area contributed by atoms with E-state index in [2.05, 4.69) is 46.6 Å². The van der Waals surface area contributed by atoms with Crippen molar-refractivity contribution in [3.05, 3.63) is 33.5 Å². The van der Waals surface area contributed by atoms with E-state index in [0.29, 0.717) is 6.04 Å². The molecule has 21 heavy (non-hydrogen) atoms. The third-order valence-electron chi connectivity index (χ3n) is 3.10. The van der Waals surface area contributed by atoms with Gasteiger partial charge in [-0.1, -0.05) is 6.07 Å². The quantitative estimate of drug-likeness (QED) is 0.718. The van der Waals surface area contributed by atoms with E-state index >= 15 is 0 Å². The molecule has 0 radical (unpaired) electrons. The van der Waals surface area contributed by atoms with Crippen molar-refractivity contribution in [3.63, 3.8) is 0 Å². The van der Waals surface area contributed by atoms with Crippen molar-refractivity contribution in [3.8, 4) is 0 Å². The highest BCUT2D eigenvalue weighted by Crippen LogP contribution is 2.27. The summed E-state index contributed by atoms with van der Waals surface area (Å²) in [6, 6.07) is 4.72. The average molecular weight is 326 g/mol. The van der Waals surface area contributed by atoms with Crippen molar-refractivity contribution in [1.82, 2.24) is 10.3 Å². The number of methoxy groups -OCH3 is 1. The monoisotopic (exact) mass is 325 g/mol. The first-order chi connectivity index (χ1) is 10.2. The lowest BCUT2D eigenvalue weighted by atomic mass is 10.3. The topological polar surface area (TPSA) is 37.4 Å². The van der Waals surface area contributed by atoms with Crippen LogP contribution in [-0.2, 0) is 17.8 Å². The molecule has 0 aliphatic rings. The molecule has 0 saturated heterocycles. The van der Waals surface area contributed by atoms with Crippen LogP contribution in [0.2, 0.25) is 0 Å². The van der Waals surface area contributed by atoms with Crippen LogP contribution in [0.3, 0.4) is 0 Å². The van der Waals surface area contributed by atoms with Gasteiger partial charge in [0.15, 0.2) is 5.13 Å². The molecule has 2 heterocycles. The Bertz CT molecular complexity index is 511. The van der Waals surface area contributed by atoms with E-state index in [0.717, 1.165) is 31.4 Å². The van der Waals surface area contributed by atoms with Crippen molar-refractivity contribution in [2.45, 2.75) is 33.0 Å². The smallest absolute Gasteiger partial charge is 0.186 e. The van der Waals surface area contributed by atoms with E-state index in [9.17, 15) is 0 Å². The largest absolute Gasteiger partial charge is 0.383 e. The fourth-order valence-electron chi connectivity index (χ4n) is 1.94. The van der Waals surface area contributed by atoms with Crippen LogP contribution in [0.1, 0.15) is 23.6 Å². The highest BCUT2D eigenvalue weighted by molar-refractivity contribution is 7.15. The van der Waals surface area contributed by atoms with Crippen molar-refractivity contribution in [2.75, 3.05) is 25.2 Å². The summed E-state index contributed by atoms with van der Waals surface area (Å²) >= 11 is 3.56. The highest BCUT2D eigenvalue weighted by atomic mass is 32.1. The first kappa shape index (κ1) is 16.4. The molecule has 0 spiro atoms. The summed E-state index contributed by atoms with van der Waals surface area (Å²) in [4.78, 5) is 9.59. The van der Waals surface area contributed by atoms with Gasteiger partial charge < -0.3 is 15.0 Å². The first-order valence-corrected chi connectivity index (χ1v) is 8.83. The lowest BCUT2D eigenvalue weighted by Crippen LogP contribution is -2.29. The zero-order valence-electron chi connectivity index (χ0n) is 12.8. The number of aromatic nitrogens is 1. The molecule has 0 aromatic carbocycles. The Morgan fingerprint density at radius 1 is 1.38 bits per heavy atom. The minimum atomic E-state index is 0.438. The van der Waals surface area contributed by atoms with Crippen LogP contribution >= 0.6 is 22.7 Å². The lowest BCUT2D eigenvalue weighted by molar-refractivity contribution is 0.199. The zero-order chi connectivity index (χ0) is 15.1. The second-order valence-corrected chi connectivity index (χ2v) is 7.21. The number of rotatable bonds is 9. The zero-order valence-corrected chi connectivity index (χ0v) is 14.5. The van der Waals surface area contributed by atoms with E-state index in [-0.39, 0.29) is 0 Å². The third kappa shape index (κ3) is 5.07. The number of nitrogens with zero attached hydrogens (tertiary/aromatic N) is 2. The number of hydrogen-bond donors (Lipinski definition) is 1. The van der Waals surface area contributed by atoms with Gasteiger partial charge in [-0.2, -0.15) is 0 Å². The molecule has 4 nitrogen and oxygen atoms in total. The normalized spacial score (nSPS) is 11.2. The Kier molecular flexibility index (Phi) is 6.63. The molecule has 2 rings (SSSR count). The number of nitrogens with one attached hydrogen (secondary N) is 1. The molecular weight excluding hydrogens is 302 g/mol. The third-order valence-corrected chi connectivity index (χ3v) is 4.99. The summed E-state index contributed by atoms with van der Waals surface area (Å²) in [5, 5.41) is 6.58. The summed E-state index contributed by atoms with van der Waals surface area (Å²) in [5.74, 6) is 0. The molecule has 2 aromatic rings. The van der Waals surface area contributed by atoms with Crippen molar-refractivity contribution in [2.24, 2.45) is 0 Å². The Hall–Kier alpha value is -0.950. The van der Waals surface area contributed by atoms with Gasteiger partial charge in [0, 0.05) is 42.2 Å². The number of thiophene rings is 1. The SMILES string of the molecule is COCCNCc1cnc(N(Cc2cccs2)C(C)C)s1. The number of hydrogen-bond acceptors (Lipinski definition) is 6. The van der Waals surface area contributed by atoms with Gasteiger partial charge in [-0.3, -0.25) is 0 Å². The Morgan fingerprint density at radius 2 is 2.24 bits per heavy atom. The fourth-order valence-corrected chi connectivity index (χ4v) is 3.65. The van der Waals surface area contributed by atoms with Crippen LogP contribution in [0.5, 0.6) is 0 Å². The molecule has 0 saturated carbocycles. The van der Waals surface area contributed by atoms with E-state index in [1.807, 2.05) is 6.20 Å². The van der Waals surface area contributed by atoms with Crippen molar-refractivity contribution in [1.29, 1.82) is 0 Å². The minimum Gasteiger partial charge on any atom is -0.383 e. The van der Waals surface area contributed by atoms with Crippen LogP contribution < -0.4 is 10.2 Å². The maximum absolute atomic E-state index is 5.03. The summed E-state index contributed by atoms with van der Waals surface area (Å²) < 4.78 is 5.03. The van der Waals surface area contributed by atoms with E-state index in [1.54, 1.807) is 29.8 Å². The van der Waals surface area contributed by atoms with Crippen molar-refractivity contribution < 1.29 is 4.74 Å². The molecule has 0 amide bonds. The minimum absolute atomic E-state index is 0.438. The lowest BCUT2D eigenvalue weighted by Gasteiger charge is -2.25. The Morgan fingerprint density at radius 3 is 2.90 bits per heavy atom. The molecule has 116 valence electrons. The maximum atomic E-state index is 5.03. The number of anilines is 1. The van der Waals surface area contributed by atoms with Gasteiger partial charge in [0.1, 0.15) is 0 Å². The molecule has 0 aliphatic carbocycles. The number of ether oxygens (including phenoxy) is 1. The van der Waals surface area contributed by atoms with Gasteiger partial charge in [-0.15, -0.1) is 22.7 Å². The van der Waals surface area contributed by atoms with Gasteiger partial charge in [0.05, 0.1) is 13.2 Å². The molecule has 1 N–H and O–H groups in total. The van der Waals surface area contributed by atoms with E-state index in [4.69, 9.17) is 4.74 Å². The predicted molar refractivity (Wildman–Crippen MR) is 91.3 cm³/mol. The van der Waals surface area contributed by atoms with Gasteiger partial charge in [-0.05, 0) is 25.3 Å². The maximum Gasteiger partial charge on any atom is 0.186 e. The van der Waals surface area contributed by atoms with E-state index < -0.39 is 0 Å². The highest BCUT2D eigenvalue weighted by Gasteiger charge is 2.15. The van der Waals surface area contributed by atoms with Gasteiger partial charge in [-0.25, -0.2) is 4.98 Å². The van der Waals surface area contributed by atoms with Gasteiger partial charge >= 0.3 is 0 Å². The molecule has 0 bridgehead atoms. The Labute approximate surface area is 134 Å². The van der Waals surface area contributed by atoms with Gasteiger partial charge in [0.25, 0.3) is 0 Å². The standard InChI is InChI=1S/C15H23N3OS2/c1-12(2)18(11-13-5-4-8-20-13)15-17-10-14(21-15)9-16-6-7-19-3/h4-5,8,10,12,16H,6-7,9,11H2,1-3H3. The average Bonchev–Trinajstić information content (AvgIpc) is 3.12. The summed E-state index contributed by atoms with van der Waals surface area (Å²) in [6.07, 6.45) is 1.98. The second-order valence-electron chi connectivity index (χ2n) is 5.08. The fraction of sp³-hybridized carbons (Fsp3) is 0.533. The Balaban J connectivity index is 1.95. The van der Waals surface area contributed by atoms with Crippen LogP contribution in [0.4, 0.5) is 5.13 Å². The van der Waals surface area contributed by atoms with Crippen LogP contribution in [0.25, 0.3) is 0 Å². The molecule has 2 aromatic heterocycles. The molecule has 0 aliphatic heterocycles. The molecule has 0 atom stereocenters. The van der Waals surface area contributed by atoms with Gasteiger partial charge in [0.2, 0.25) is 0 Å². The van der Waals surface area contributed by atoms with Crippen molar-refractivity contribution >= 4 is 27.8 Å². The second kappa shape index (κ2) is 8.48. The summed E-state index contributed by atoms with van der Waals surface area (Å²) in [5.41, 5.74) is 0. The molecule has 6 heteroatoms. The van der Waals surface area contributed by atoms with E-state index in [1.165, 1.54) is 9.75 Å². The van der Waals surface area contributed by atoms with Crippen LogP contribution in [0, 0.1) is 0 Å². The van der Waals surface area contributed by atoms with Crippen LogP contribution in [0.15, 0.2) is 23.7 Å². The first-order valence-electron chi connectivity index (χ1n) is 7.14. The predicted octanol–water partition coefficient (Wildman–Crippen LogP) is 3.36. The molecule has 0 unspecified atom stereocenters. The summed E-state index contributed by atoms with van der Waals surface area (Å²) in [7, 11) is 1.72. The summed E-state index contributed by atoms with van der Waals surface area (Å²) in [6.45, 7) is 7.82. The number of thiazole rings is 1. The molecule has 0 fully saturated rings. The molecular formula is C15H23N3OS2.